The van der Waals surface area contributed by atoms with Gasteiger partial charge in [0.2, 0.25) is 0 Å². The monoisotopic (exact) mass is 561 g/mol. The number of fused-ring (bicyclic) bond motifs is 1. The molecule has 1 saturated carbocycles. The maximum Gasteiger partial charge on any atom is 0.573 e. The topological polar surface area (TPSA) is 57.0 Å². The van der Waals surface area contributed by atoms with Gasteiger partial charge in [-0.2, -0.15) is 13.2 Å². The van der Waals surface area contributed by atoms with Gasteiger partial charge in [-0.15, -0.1) is 13.2 Å². The number of aromatic nitrogens is 3. The van der Waals surface area contributed by atoms with E-state index in [2.05, 4.69) is 14.7 Å². The van der Waals surface area contributed by atoms with Crippen molar-refractivity contribution in [1.29, 1.82) is 0 Å². The molecule has 0 N–H and O–H groups in total. The molecule has 0 aliphatic heterocycles. The molecular formula is C29H25F6N3O2. The molecule has 0 saturated heterocycles. The second kappa shape index (κ2) is 10.6. The predicted molar refractivity (Wildman–Crippen MR) is 136 cm³/mol. The summed E-state index contributed by atoms with van der Waals surface area (Å²) in [6, 6.07) is 13.3. The minimum Gasteiger partial charge on any atom is -0.404 e. The Labute approximate surface area is 225 Å². The zero-order valence-electron chi connectivity index (χ0n) is 21.4. The molecule has 1 aliphatic rings. The molecule has 0 bridgehead atoms. The van der Waals surface area contributed by atoms with Gasteiger partial charge in [-0.1, -0.05) is 18.2 Å². The molecule has 1 fully saturated rings. The molecular weight excluding hydrogens is 536 g/mol. The molecule has 4 aromatic rings. The van der Waals surface area contributed by atoms with Crippen LogP contribution in [-0.2, 0) is 12.7 Å². The summed E-state index contributed by atoms with van der Waals surface area (Å²) in [5, 5.41) is 0.624. The predicted octanol–water partition coefficient (Wildman–Crippen LogP) is 7.51. The summed E-state index contributed by atoms with van der Waals surface area (Å²) in [5.74, 6) is -1.04. The maximum absolute atomic E-state index is 13.8. The van der Waals surface area contributed by atoms with Crippen LogP contribution in [0.3, 0.4) is 0 Å². The molecule has 3 heterocycles. The lowest BCUT2D eigenvalue weighted by molar-refractivity contribution is -0.275. The SMILES string of the molecule is Cc1ccc2cc(C3CCC(c4ccccc4C(F)(F)F)CC3)c(=O)n(Cc3ncccc3OC(F)(F)F)c2n1. The van der Waals surface area contributed by atoms with Crippen LogP contribution in [0.1, 0.15) is 65.6 Å². The third kappa shape index (κ3) is 5.83. The normalized spacial score (nSPS) is 18.2. The second-order valence-electron chi connectivity index (χ2n) is 9.99. The first-order valence-electron chi connectivity index (χ1n) is 12.8. The van der Waals surface area contributed by atoms with Gasteiger partial charge in [-0.3, -0.25) is 14.3 Å². The highest BCUT2D eigenvalue weighted by Gasteiger charge is 2.36. The number of ether oxygens (including phenoxy) is 1. The van der Waals surface area contributed by atoms with Gasteiger partial charge in [0.15, 0.2) is 5.75 Å². The number of aryl methyl sites for hydroxylation is 1. The van der Waals surface area contributed by atoms with Crippen molar-refractivity contribution >= 4 is 11.0 Å². The lowest BCUT2D eigenvalue weighted by atomic mass is 9.75. The Morgan fingerprint density at radius 2 is 1.57 bits per heavy atom. The molecule has 0 radical (unpaired) electrons. The molecule has 3 aromatic heterocycles. The highest BCUT2D eigenvalue weighted by Crippen LogP contribution is 2.44. The fourth-order valence-corrected chi connectivity index (χ4v) is 5.54. The number of alkyl halides is 6. The largest absolute Gasteiger partial charge is 0.573 e. The first-order chi connectivity index (χ1) is 18.9. The molecule has 1 aliphatic carbocycles. The first kappa shape index (κ1) is 27.7. The lowest BCUT2D eigenvalue weighted by Crippen LogP contribution is -2.29. The number of pyridine rings is 3. The van der Waals surface area contributed by atoms with E-state index in [-0.39, 0.29) is 29.6 Å². The van der Waals surface area contributed by atoms with E-state index < -0.39 is 29.4 Å². The fourth-order valence-electron chi connectivity index (χ4n) is 5.54. The molecule has 0 unspecified atom stereocenters. The van der Waals surface area contributed by atoms with Crippen molar-refractivity contribution in [3.8, 4) is 5.75 Å². The van der Waals surface area contributed by atoms with Crippen LogP contribution in [0.5, 0.6) is 5.75 Å². The van der Waals surface area contributed by atoms with E-state index in [4.69, 9.17) is 0 Å². The molecule has 0 amide bonds. The molecule has 11 heteroatoms. The minimum atomic E-state index is -4.94. The highest BCUT2D eigenvalue weighted by molar-refractivity contribution is 5.76. The Kier molecular flexibility index (Phi) is 7.32. The smallest absolute Gasteiger partial charge is 0.404 e. The van der Waals surface area contributed by atoms with Gasteiger partial charge in [0.1, 0.15) is 11.3 Å². The number of hydrogen-bond donors (Lipinski definition) is 0. The summed E-state index contributed by atoms with van der Waals surface area (Å²) >= 11 is 0. The quantitative estimate of drug-likeness (QED) is 0.237. The van der Waals surface area contributed by atoms with E-state index in [9.17, 15) is 31.1 Å². The number of hydrogen-bond acceptors (Lipinski definition) is 4. The van der Waals surface area contributed by atoms with Crippen molar-refractivity contribution in [1.82, 2.24) is 14.5 Å². The third-order valence-corrected chi connectivity index (χ3v) is 7.36. The number of nitrogens with zero attached hydrogens (tertiary/aromatic N) is 3. The Bertz CT molecular complexity index is 1590. The lowest BCUT2D eigenvalue weighted by Gasteiger charge is -2.30. The van der Waals surface area contributed by atoms with E-state index in [1.165, 1.54) is 29.0 Å². The zero-order valence-corrected chi connectivity index (χ0v) is 21.4. The van der Waals surface area contributed by atoms with Crippen molar-refractivity contribution in [3.63, 3.8) is 0 Å². The van der Waals surface area contributed by atoms with Gasteiger partial charge < -0.3 is 4.74 Å². The third-order valence-electron chi connectivity index (χ3n) is 7.36. The minimum absolute atomic E-state index is 0.0869. The molecule has 5 rings (SSSR count). The molecule has 1 aromatic carbocycles. The summed E-state index contributed by atoms with van der Waals surface area (Å²) < 4.78 is 85.2. The second-order valence-corrected chi connectivity index (χ2v) is 9.99. The Balaban J connectivity index is 1.49. The van der Waals surface area contributed by atoms with Gasteiger partial charge in [0, 0.05) is 22.8 Å². The maximum atomic E-state index is 13.8. The van der Waals surface area contributed by atoms with Gasteiger partial charge in [0.25, 0.3) is 5.56 Å². The van der Waals surface area contributed by atoms with Crippen LogP contribution < -0.4 is 10.3 Å². The Morgan fingerprint density at radius 3 is 2.25 bits per heavy atom. The van der Waals surface area contributed by atoms with E-state index >= 15 is 0 Å². The molecule has 5 nitrogen and oxygen atoms in total. The van der Waals surface area contributed by atoms with Crippen molar-refractivity contribution in [2.45, 2.75) is 63.5 Å². The van der Waals surface area contributed by atoms with E-state index in [1.807, 2.05) is 0 Å². The van der Waals surface area contributed by atoms with E-state index in [0.717, 1.165) is 12.1 Å². The molecule has 40 heavy (non-hydrogen) atoms. The number of halogens is 6. The van der Waals surface area contributed by atoms with Crippen LogP contribution in [-0.4, -0.2) is 20.9 Å². The summed E-state index contributed by atoms with van der Waals surface area (Å²) in [5.41, 5.74) is 0.478. The molecule has 0 spiro atoms. The van der Waals surface area contributed by atoms with Crippen molar-refractivity contribution in [3.05, 3.63) is 99.2 Å². The highest BCUT2D eigenvalue weighted by atomic mass is 19.4. The number of rotatable bonds is 5. The summed E-state index contributed by atoms with van der Waals surface area (Å²) in [6.45, 7) is 1.43. The van der Waals surface area contributed by atoms with Crippen LogP contribution in [0, 0.1) is 6.92 Å². The average molecular weight is 562 g/mol. The Morgan fingerprint density at radius 1 is 0.900 bits per heavy atom. The Hall–Kier alpha value is -3.89. The standard InChI is InChI=1S/C29H25F6N3O2/c1-17-8-9-20-15-22(19-12-10-18(11-13-19)21-5-2-3-6-23(21)28(30,31)32)27(39)38(26(20)37-17)16-24-25(7-4-14-36-24)40-29(33,34)35/h2-9,14-15,18-19H,10-13,16H2,1H3. The van der Waals surface area contributed by atoms with Gasteiger partial charge in [-0.25, -0.2) is 4.98 Å². The molecule has 210 valence electrons. The zero-order chi connectivity index (χ0) is 28.7. The van der Waals surface area contributed by atoms with Crippen LogP contribution in [0.15, 0.2) is 65.6 Å². The van der Waals surface area contributed by atoms with Crippen LogP contribution in [0.25, 0.3) is 11.0 Å². The van der Waals surface area contributed by atoms with Gasteiger partial charge in [0.05, 0.1) is 12.1 Å². The van der Waals surface area contributed by atoms with Crippen molar-refractivity contribution < 1.29 is 31.1 Å². The van der Waals surface area contributed by atoms with Crippen LogP contribution in [0.2, 0.25) is 0 Å². The fraction of sp³-hybridized carbons (Fsp3) is 0.345. The number of benzene rings is 1. The van der Waals surface area contributed by atoms with Gasteiger partial charge in [-0.05, 0) is 86.4 Å². The van der Waals surface area contributed by atoms with Crippen LogP contribution in [0.4, 0.5) is 26.3 Å². The summed E-state index contributed by atoms with van der Waals surface area (Å²) in [4.78, 5) is 22.3. The van der Waals surface area contributed by atoms with E-state index in [0.29, 0.717) is 48.0 Å². The average Bonchev–Trinajstić information content (AvgIpc) is 2.90. The molecule has 0 atom stereocenters. The first-order valence-corrected chi connectivity index (χ1v) is 12.8. The summed E-state index contributed by atoms with van der Waals surface area (Å²) in [6.07, 6.45) is -6.17. The van der Waals surface area contributed by atoms with Crippen molar-refractivity contribution in [2.24, 2.45) is 0 Å². The summed E-state index contributed by atoms with van der Waals surface area (Å²) in [7, 11) is 0. The van der Waals surface area contributed by atoms with Crippen LogP contribution >= 0.6 is 0 Å². The van der Waals surface area contributed by atoms with E-state index in [1.54, 1.807) is 31.2 Å². The van der Waals surface area contributed by atoms with Gasteiger partial charge >= 0.3 is 12.5 Å². The van der Waals surface area contributed by atoms with Crippen molar-refractivity contribution in [2.75, 3.05) is 0 Å².